The first kappa shape index (κ1) is 8.13. The zero-order valence-corrected chi connectivity index (χ0v) is 7.90. The zero-order valence-electron chi connectivity index (χ0n) is 7.08. The van der Waals surface area contributed by atoms with E-state index in [1.54, 1.807) is 6.20 Å². The summed E-state index contributed by atoms with van der Waals surface area (Å²) < 4.78 is 0. The molecule has 4 heteroatoms. The van der Waals surface area contributed by atoms with Crippen molar-refractivity contribution in [2.45, 2.75) is 12.5 Å². The van der Waals surface area contributed by atoms with Crippen LogP contribution in [0.1, 0.15) is 12.7 Å². The van der Waals surface area contributed by atoms with Gasteiger partial charge in [0.05, 0.1) is 5.54 Å². The molecular formula is C8H13N3S. The predicted octanol–water partition coefficient (Wildman–Crippen LogP) is 0.947. The minimum absolute atomic E-state index is 0.228. The minimum Gasteiger partial charge on any atom is -0.347 e. The Balaban J connectivity index is 2.32. The summed E-state index contributed by atoms with van der Waals surface area (Å²) in [7, 11) is 0. The van der Waals surface area contributed by atoms with Gasteiger partial charge in [0.2, 0.25) is 0 Å². The van der Waals surface area contributed by atoms with Crippen LogP contribution in [-0.4, -0.2) is 21.5 Å². The Morgan fingerprint density at radius 1 is 1.83 bits per heavy atom. The molecule has 0 spiro atoms. The van der Waals surface area contributed by atoms with Crippen molar-refractivity contribution in [2.75, 3.05) is 11.5 Å². The first-order valence-corrected chi connectivity index (χ1v) is 5.25. The molecule has 0 aliphatic carbocycles. The summed E-state index contributed by atoms with van der Waals surface area (Å²) in [6, 6.07) is 0. The van der Waals surface area contributed by atoms with Crippen LogP contribution < -0.4 is 5.73 Å². The molecule has 1 aromatic heterocycles. The molecule has 3 N–H and O–H groups in total. The molecule has 1 fully saturated rings. The Hall–Kier alpha value is -0.480. The third kappa shape index (κ3) is 1.06. The molecule has 1 saturated heterocycles. The van der Waals surface area contributed by atoms with Crippen molar-refractivity contribution in [2.24, 2.45) is 11.7 Å². The van der Waals surface area contributed by atoms with Crippen LogP contribution in [0.5, 0.6) is 0 Å². The van der Waals surface area contributed by atoms with E-state index in [1.165, 1.54) is 0 Å². The van der Waals surface area contributed by atoms with Crippen LogP contribution in [0.4, 0.5) is 0 Å². The SMILES string of the molecule is C[C@@H]1CSC[C@@]1(N)c1ncc[nH]1. The number of H-pyrrole nitrogens is 1. The summed E-state index contributed by atoms with van der Waals surface area (Å²) in [5, 5.41) is 0. The summed E-state index contributed by atoms with van der Waals surface area (Å²) in [4.78, 5) is 7.33. The molecule has 2 atom stereocenters. The largest absolute Gasteiger partial charge is 0.347 e. The lowest BCUT2D eigenvalue weighted by atomic mass is 9.89. The first-order chi connectivity index (χ1) is 5.73. The molecule has 12 heavy (non-hydrogen) atoms. The standard InChI is InChI=1S/C8H13N3S/c1-6-4-12-5-8(6,9)7-10-2-3-11-7/h2-3,6H,4-5,9H2,1H3,(H,10,11)/t6-,8+/m1/s1. The van der Waals surface area contributed by atoms with Gasteiger partial charge in [-0.3, -0.25) is 0 Å². The molecule has 0 bridgehead atoms. The molecule has 0 aromatic carbocycles. The molecule has 1 aliphatic heterocycles. The van der Waals surface area contributed by atoms with Crippen LogP contribution in [0.25, 0.3) is 0 Å². The summed E-state index contributed by atoms with van der Waals surface area (Å²) in [6.07, 6.45) is 3.60. The number of aromatic amines is 1. The molecule has 1 aliphatic rings. The third-order valence-electron chi connectivity index (χ3n) is 2.53. The van der Waals surface area contributed by atoms with Gasteiger partial charge in [0.1, 0.15) is 5.82 Å². The number of nitrogens with two attached hydrogens (primary N) is 1. The third-order valence-corrected chi connectivity index (χ3v) is 3.94. The lowest BCUT2D eigenvalue weighted by Crippen LogP contribution is -2.43. The number of aromatic nitrogens is 2. The molecule has 2 rings (SSSR count). The van der Waals surface area contributed by atoms with Crippen molar-refractivity contribution in [1.82, 2.24) is 9.97 Å². The molecule has 1 aromatic rings. The summed E-state index contributed by atoms with van der Waals surface area (Å²) in [5.41, 5.74) is 6.03. The Morgan fingerprint density at radius 3 is 3.17 bits per heavy atom. The van der Waals surface area contributed by atoms with Gasteiger partial charge in [-0.25, -0.2) is 4.98 Å². The van der Waals surface area contributed by atoms with Crippen LogP contribution in [-0.2, 0) is 5.54 Å². The molecule has 66 valence electrons. The summed E-state index contributed by atoms with van der Waals surface area (Å²) in [6.45, 7) is 2.18. The Morgan fingerprint density at radius 2 is 2.67 bits per heavy atom. The maximum absolute atomic E-state index is 6.25. The van der Waals surface area contributed by atoms with E-state index in [9.17, 15) is 0 Å². The van der Waals surface area contributed by atoms with Gasteiger partial charge in [-0.1, -0.05) is 6.92 Å². The van der Waals surface area contributed by atoms with E-state index >= 15 is 0 Å². The van der Waals surface area contributed by atoms with E-state index in [4.69, 9.17) is 5.73 Å². The average molecular weight is 183 g/mol. The number of nitrogens with one attached hydrogen (secondary N) is 1. The van der Waals surface area contributed by atoms with Crippen molar-refractivity contribution in [3.63, 3.8) is 0 Å². The van der Waals surface area contributed by atoms with Gasteiger partial charge in [-0.2, -0.15) is 11.8 Å². The Kier molecular flexibility index (Phi) is 1.88. The van der Waals surface area contributed by atoms with Crippen LogP contribution in [0.3, 0.4) is 0 Å². The van der Waals surface area contributed by atoms with Crippen molar-refractivity contribution in [3.05, 3.63) is 18.2 Å². The van der Waals surface area contributed by atoms with E-state index in [-0.39, 0.29) is 5.54 Å². The topological polar surface area (TPSA) is 54.7 Å². The number of thioether (sulfide) groups is 1. The Labute approximate surface area is 76.1 Å². The monoisotopic (exact) mass is 183 g/mol. The van der Waals surface area contributed by atoms with Crippen LogP contribution in [0.2, 0.25) is 0 Å². The number of rotatable bonds is 1. The van der Waals surface area contributed by atoms with Gasteiger partial charge < -0.3 is 10.7 Å². The number of hydrogen-bond acceptors (Lipinski definition) is 3. The highest BCUT2D eigenvalue weighted by molar-refractivity contribution is 7.99. The molecule has 0 unspecified atom stereocenters. The van der Waals surface area contributed by atoms with Crippen LogP contribution in [0, 0.1) is 5.92 Å². The van der Waals surface area contributed by atoms with Gasteiger partial charge in [0.25, 0.3) is 0 Å². The number of nitrogens with zero attached hydrogens (tertiary/aromatic N) is 1. The second kappa shape index (κ2) is 2.78. The van der Waals surface area contributed by atoms with Gasteiger partial charge in [0, 0.05) is 18.1 Å². The minimum atomic E-state index is -0.228. The van der Waals surface area contributed by atoms with Crippen molar-refractivity contribution in [3.8, 4) is 0 Å². The fraction of sp³-hybridized carbons (Fsp3) is 0.625. The lowest BCUT2D eigenvalue weighted by Gasteiger charge is -2.25. The van der Waals surface area contributed by atoms with Crippen molar-refractivity contribution >= 4 is 11.8 Å². The van der Waals surface area contributed by atoms with E-state index in [2.05, 4.69) is 16.9 Å². The first-order valence-electron chi connectivity index (χ1n) is 4.10. The van der Waals surface area contributed by atoms with Gasteiger partial charge in [-0.05, 0) is 11.7 Å². The second-order valence-electron chi connectivity index (χ2n) is 3.39. The second-order valence-corrected chi connectivity index (χ2v) is 4.42. The molecule has 0 radical (unpaired) electrons. The highest BCUT2D eigenvalue weighted by Gasteiger charge is 2.40. The van der Waals surface area contributed by atoms with Crippen LogP contribution in [0.15, 0.2) is 12.4 Å². The maximum atomic E-state index is 6.25. The predicted molar refractivity (Wildman–Crippen MR) is 50.9 cm³/mol. The maximum Gasteiger partial charge on any atom is 0.127 e. The highest BCUT2D eigenvalue weighted by Crippen LogP contribution is 2.37. The van der Waals surface area contributed by atoms with E-state index in [1.807, 2.05) is 18.0 Å². The normalized spacial score (nSPS) is 35.7. The fourth-order valence-corrected chi connectivity index (χ4v) is 3.04. The summed E-state index contributed by atoms with van der Waals surface area (Å²) >= 11 is 1.90. The summed E-state index contributed by atoms with van der Waals surface area (Å²) in [5.74, 6) is 3.55. The van der Waals surface area contributed by atoms with Crippen molar-refractivity contribution in [1.29, 1.82) is 0 Å². The van der Waals surface area contributed by atoms with Crippen LogP contribution >= 0.6 is 11.8 Å². The van der Waals surface area contributed by atoms with Gasteiger partial charge in [-0.15, -0.1) is 0 Å². The molecule has 3 nitrogen and oxygen atoms in total. The van der Waals surface area contributed by atoms with Gasteiger partial charge in [0.15, 0.2) is 0 Å². The van der Waals surface area contributed by atoms with E-state index in [0.717, 1.165) is 17.3 Å². The highest BCUT2D eigenvalue weighted by atomic mass is 32.2. The quantitative estimate of drug-likeness (QED) is 0.681. The zero-order chi connectivity index (χ0) is 8.60. The average Bonchev–Trinajstić information content (AvgIpc) is 2.62. The van der Waals surface area contributed by atoms with E-state index in [0.29, 0.717) is 5.92 Å². The number of hydrogen-bond donors (Lipinski definition) is 2. The fourth-order valence-electron chi connectivity index (χ4n) is 1.52. The van der Waals surface area contributed by atoms with E-state index < -0.39 is 0 Å². The molecule has 2 heterocycles. The molecule has 0 saturated carbocycles. The molecule has 0 amide bonds. The Bertz CT molecular complexity index is 259. The number of imidazole rings is 1. The van der Waals surface area contributed by atoms with Crippen molar-refractivity contribution < 1.29 is 0 Å². The lowest BCUT2D eigenvalue weighted by molar-refractivity contribution is 0.363. The van der Waals surface area contributed by atoms with Gasteiger partial charge >= 0.3 is 0 Å². The smallest absolute Gasteiger partial charge is 0.127 e. The molecular weight excluding hydrogens is 170 g/mol.